The molecule has 0 aliphatic heterocycles. The van der Waals surface area contributed by atoms with E-state index in [1.54, 1.807) is 19.1 Å². The molecule has 0 bridgehead atoms. The molecular formula is C29H30ClNO7S. The number of carbonyl (C=O) groups is 4. The topological polar surface area (TPSA) is 112 Å². The number of amides is 1. The molecule has 2 aromatic heterocycles. The van der Waals surface area contributed by atoms with E-state index < -0.39 is 24.5 Å². The van der Waals surface area contributed by atoms with Gasteiger partial charge in [0.05, 0.1) is 22.8 Å². The lowest BCUT2D eigenvalue weighted by Crippen LogP contribution is -2.26. The molecule has 0 radical (unpaired) electrons. The second-order valence-electron chi connectivity index (χ2n) is 10.4. The highest BCUT2D eigenvalue weighted by atomic mass is 35.5. The van der Waals surface area contributed by atoms with Crippen LogP contribution in [0.25, 0.3) is 11.3 Å². The molecule has 206 valence electrons. The Kier molecular flexibility index (Phi) is 8.61. The van der Waals surface area contributed by atoms with Crippen molar-refractivity contribution in [2.24, 2.45) is 11.3 Å². The van der Waals surface area contributed by atoms with Crippen molar-refractivity contribution < 1.29 is 33.1 Å². The number of carbonyl (C=O) groups excluding carboxylic acids is 4. The van der Waals surface area contributed by atoms with Crippen LogP contribution in [0.1, 0.15) is 75.8 Å². The van der Waals surface area contributed by atoms with Crippen LogP contribution in [0.5, 0.6) is 0 Å². The van der Waals surface area contributed by atoms with E-state index in [0.717, 1.165) is 29.7 Å². The molecule has 0 spiro atoms. The number of anilines is 1. The number of ether oxygens (including phenoxy) is 2. The van der Waals surface area contributed by atoms with Gasteiger partial charge in [-0.1, -0.05) is 32.4 Å². The fourth-order valence-electron chi connectivity index (χ4n) is 4.61. The minimum absolute atomic E-state index is 0.0399. The van der Waals surface area contributed by atoms with E-state index in [9.17, 15) is 19.2 Å². The first-order chi connectivity index (χ1) is 18.5. The van der Waals surface area contributed by atoms with Crippen LogP contribution in [0.4, 0.5) is 5.00 Å². The Bertz CT molecular complexity index is 1420. The maximum Gasteiger partial charge on any atom is 0.341 e. The third-order valence-corrected chi connectivity index (χ3v) is 8.27. The lowest BCUT2D eigenvalue weighted by molar-refractivity contribution is -0.119. The first-order valence-electron chi connectivity index (χ1n) is 12.6. The number of esters is 2. The van der Waals surface area contributed by atoms with Crippen LogP contribution in [-0.4, -0.2) is 37.3 Å². The predicted octanol–water partition coefficient (Wildman–Crippen LogP) is 6.60. The summed E-state index contributed by atoms with van der Waals surface area (Å²) >= 11 is 7.58. The van der Waals surface area contributed by atoms with Crippen LogP contribution < -0.4 is 5.32 Å². The first kappa shape index (κ1) is 28.6. The molecule has 1 amide bonds. The standard InChI is InChI=1S/C29H30ClNO7S/c1-5-36-28(35)25-19-9-7-17(29(2,3)4)13-23(19)39-26(25)31-24(33)15-37-27(34)20-12-16(6-10-21(20)30)22-11-8-18(14-32)38-22/h6,8,10-12,14,17H,5,7,9,13,15H2,1-4H3,(H,31,33)/t17-/m0/s1. The quantitative estimate of drug-likeness (QED) is 0.239. The van der Waals surface area contributed by atoms with E-state index in [-0.39, 0.29) is 28.4 Å². The van der Waals surface area contributed by atoms with Gasteiger partial charge in [0.25, 0.3) is 5.91 Å². The average Bonchev–Trinajstić information content (AvgIpc) is 3.51. The normalized spacial score (nSPS) is 14.8. The summed E-state index contributed by atoms with van der Waals surface area (Å²) in [7, 11) is 0. The summed E-state index contributed by atoms with van der Waals surface area (Å²) < 4.78 is 15.9. The van der Waals surface area contributed by atoms with Gasteiger partial charge in [0.2, 0.25) is 0 Å². The third-order valence-electron chi connectivity index (χ3n) is 6.77. The van der Waals surface area contributed by atoms with E-state index in [1.807, 2.05) is 0 Å². The number of nitrogens with one attached hydrogen (secondary N) is 1. The largest absolute Gasteiger partial charge is 0.462 e. The minimum Gasteiger partial charge on any atom is -0.462 e. The molecule has 10 heteroatoms. The number of furan rings is 1. The molecule has 3 aromatic rings. The van der Waals surface area contributed by atoms with Crippen molar-refractivity contribution in [1.82, 2.24) is 0 Å². The summed E-state index contributed by atoms with van der Waals surface area (Å²) in [4.78, 5) is 50.4. The molecule has 0 fully saturated rings. The number of hydrogen-bond acceptors (Lipinski definition) is 8. The van der Waals surface area contributed by atoms with Gasteiger partial charge in [0.15, 0.2) is 18.7 Å². The molecule has 0 saturated carbocycles. The number of aldehydes is 1. The van der Waals surface area contributed by atoms with Gasteiger partial charge in [-0.3, -0.25) is 9.59 Å². The number of halogens is 1. The van der Waals surface area contributed by atoms with Crippen LogP contribution in [0.3, 0.4) is 0 Å². The molecule has 0 unspecified atom stereocenters. The van der Waals surface area contributed by atoms with Crippen molar-refractivity contribution >= 4 is 52.1 Å². The van der Waals surface area contributed by atoms with Gasteiger partial charge >= 0.3 is 11.9 Å². The van der Waals surface area contributed by atoms with Crippen molar-refractivity contribution in [3.05, 3.63) is 62.7 Å². The summed E-state index contributed by atoms with van der Waals surface area (Å²) in [6.07, 6.45) is 3.07. The fraction of sp³-hybridized carbons (Fsp3) is 0.379. The maximum absolute atomic E-state index is 12.8. The Balaban J connectivity index is 1.48. The summed E-state index contributed by atoms with van der Waals surface area (Å²) in [6, 6.07) is 7.71. The number of fused-ring (bicyclic) bond motifs is 1. The Labute approximate surface area is 235 Å². The number of hydrogen-bond donors (Lipinski definition) is 1. The van der Waals surface area contributed by atoms with Crippen molar-refractivity contribution in [3.63, 3.8) is 0 Å². The van der Waals surface area contributed by atoms with E-state index >= 15 is 0 Å². The molecule has 2 heterocycles. The zero-order valence-corrected chi connectivity index (χ0v) is 23.8. The van der Waals surface area contributed by atoms with Crippen LogP contribution >= 0.6 is 22.9 Å². The minimum atomic E-state index is -0.803. The van der Waals surface area contributed by atoms with Crippen LogP contribution in [-0.2, 0) is 27.1 Å². The number of thiophene rings is 1. The summed E-state index contributed by atoms with van der Waals surface area (Å²) in [5.41, 5.74) is 1.98. The molecule has 39 heavy (non-hydrogen) atoms. The number of rotatable bonds is 8. The monoisotopic (exact) mass is 571 g/mol. The van der Waals surface area contributed by atoms with Gasteiger partial charge in [-0.15, -0.1) is 11.3 Å². The van der Waals surface area contributed by atoms with Crippen molar-refractivity contribution in [2.45, 2.75) is 47.0 Å². The second kappa shape index (κ2) is 11.8. The molecular weight excluding hydrogens is 542 g/mol. The molecule has 1 N–H and O–H groups in total. The van der Waals surface area contributed by atoms with E-state index in [2.05, 4.69) is 26.1 Å². The lowest BCUT2D eigenvalue weighted by atomic mass is 9.72. The first-order valence-corrected chi connectivity index (χ1v) is 13.8. The van der Waals surface area contributed by atoms with Gasteiger partial charge in [0.1, 0.15) is 10.8 Å². The third kappa shape index (κ3) is 6.42. The highest BCUT2D eigenvalue weighted by Gasteiger charge is 2.34. The molecule has 1 aliphatic carbocycles. The summed E-state index contributed by atoms with van der Waals surface area (Å²) in [6.45, 7) is 7.99. The smallest absolute Gasteiger partial charge is 0.341 e. The van der Waals surface area contributed by atoms with Crippen LogP contribution in [0.15, 0.2) is 34.7 Å². The van der Waals surface area contributed by atoms with Crippen LogP contribution in [0.2, 0.25) is 5.02 Å². The summed E-state index contributed by atoms with van der Waals surface area (Å²) in [5.74, 6) is -0.891. The zero-order valence-electron chi connectivity index (χ0n) is 22.2. The van der Waals surface area contributed by atoms with Gasteiger partial charge in [0, 0.05) is 10.4 Å². The Morgan fingerprint density at radius 3 is 2.59 bits per heavy atom. The molecule has 1 aromatic carbocycles. The van der Waals surface area contributed by atoms with Crippen molar-refractivity contribution in [3.8, 4) is 11.3 Å². The Hall–Kier alpha value is -3.43. The average molecular weight is 572 g/mol. The fourth-order valence-corrected chi connectivity index (χ4v) is 6.14. The molecule has 8 nitrogen and oxygen atoms in total. The van der Waals surface area contributed by atoms with E-state index in [1.165, 1.54) is 29.5 Å². The second-order valence-corrected chi connectivity index (χ2v) is 11.9. The molecule has 1 atom stereocenters. The Morgan fingerprint density at radius 2 is 1.92 bits per heavy atom. The van der Waals surface area contributed by atoms with Crippen LogP contribution in [0, 0.1) is 11.3 Å². The predicted molar refractivity (Wildman–Crippen MR) is 149 cm³/mol. The number of benzene rings is 1. The van der Waals surface area contributed by atoms with Crippen molar-refractivity contribution in [1.29, 1.82) is 0 Å². The molecule has 0 saturated heterocycles. The van der Waals surface area contributed by atoms with Gasteiger partial charge in [-0.25, -0.2) is 9.59 Å². The van der Waals surface area contributed by atoms with Gasteiger partial charge in [-0.2, -0.15) is 0 Å². The maximum atomic E-state index is 12.8. The van der Waals surface area contributed by atoms with E-state index in [0.29, 0.717) is 34.1 Å². The molecule has 4 rings (SSSR count). The summed E-state index contributed by atoms with van der Waals surface area (Å²) in [5, 5.41) is 3.28. The lowest BCUT2D eigenvalue weighted by Gasteiger charge is -2.33. The highest BCUT2D eigenvalue weighted by Crippen LogP contribution is 2.44. The van der Waals surface area contributed by atoms with Gasteiger partial charge < -0.3 is 19.2 Å². The van der Waals surface area contributed by atoms with Crippen molar-refractivity contribution in [2.75, 3.05) is 18.5 Å². The Morgan fingerprint density at radius 1 is 1.15 bits per heavy atom. The zero-order chi connectivity index (χ0) is 28.3. The molecule has 1 aliphatic rings. The highest BCUT2D eigenvalue weighted by molar-refractivity contribution is 7.17. The van der Waals surface area contributed by atoms with E-state index in [4.69, 9.17) is 25.5 Å². The SMILES string of the molecule is CCOC(=O)c1c(NC(=O)COC(=O)c2cc(-c3ccc(C=O)o3)ccc2Cl)sc2c1CC[C@H](C(C)(C)C)C2. The van der Waals surface area contributed by atoms with Gasteiger partial charge in [-0.05, 0) is 73.4 Å².